The van der Waals surface area contributed by atoms with Crippen LogP contribution in [0.25, 0.3) is 0 Å². The Bertz CT molecular complexity index is 625. The van der Waals surface area contributed by atoms with E-state index in [4.69, 9.17) is 4.42 Å². The van der Waals surface area contributed by atoms with Crippen LogP contribution in [0.5, 0.6) is 0 Å². The van der Waals surface area contributed by atoms with Crippen LogP contribution in [0, 0.1) is 12.8 Å². The first kappa shape index (κ1) is 18.3. The van der Waals surface area contributed by atoms with E-state index in [2.05, 4.69) is 10.3 Å². The van der Waals surface area contributed by atoms with Crippen LogP contribution in [0.1, 0.15) is 43.5 Å². The third-order valence-electron chi connectivity index (χ3n) is 3.78. The predicted octanol–water partition coefficient (Wildman–Crippen LogP) is 2.13. The van der Waals surface area contributed by atoms with Crippen molar-refractivity contribution in [3.05, 3.63) is 17.3 Å². The minimum Gasteiger partial charge on any atom is -0.443 e. The number of aryl methyl sites for hydroxylation is 1. The van der Waals surface area contributed by atoms with Crippen LogP contribution in [0.3, 0.4) is 0 Å². The summed E-state index contributed by atoms with van der Waals surface area (Å²) in [6.45, 7) is 4.14. The average Bonchev–Trinajstić information content (AvgIpc) is 2.99. The number of rotatable bonds is 5. The van der Waals surface area contributed by atoms with Gasteiger partial charge in [0.15, 0.2) is 5.89 Å². The summed E-state index contributed by atoms with van der Waals surface area (Å²) in [6.07, 6.45) is -4.68. The van der Waals surface area contributed by atoms with Crippen molar-refractivity contribution in [3.63, 3.8) is 0 Å². The summed E-state index contributed by atoms with van der Waals surface area (Å²) in [6, 6.07) is 0. The van der Waals surface area contributed by atoms with Gasteiger partial charge in [0.05, 0.1) is 18.2 Å². The monoisotopic (exact) mass is 347 g/mol. The van der Waals surface area contributed by atoms with Gasteiger partial charge in [0, 0.05) is 18.9 Å². The fourth-order valence-electron chi connectivity index (χ4n) is 2.49. The molecule has 1 fully saturated rings. The zero-order valence-electron chi connectivity index (χ0n) is 13.7. The molecule has 0 saturated carbocycles. The van der Waals surface area contributed by atoms with Crippen molar-refractivity contribution in [2.45, 2.75) is 45.8 Å². The Morgan fingerprint density at radius 3 is 2.67 bits per heavy atom. The molecule has 1 aromatic heterocycles. The average molecular weight is 347 g/mol. The number of likely N-dealkylation sites (tertiary alicyclic amines) is 1. The largest absolute Gasteiger partial charge is 0.443 e. The molecule has 0 spiro atoms. The zero-order chi connectivity index (χ0) is 18.1. The third kappa shape index (κ3) is 4.48. The molecule has 1 N–H and O–H groups in total. The molecule has 134 valence electrons. The third-order valence-corrected chi connectivity index (χ3v) is 3.78. The van der Waals surface area contributed by atoms with E-state index in [9.17, 15) is 22.8 Å². The van der Waals surface area contributed by atoms with Crippen LogP contribution in [0.2, 0.25) is 0 Å². The molecule has 1 saturated heterocycles. The van der Waals surface area contributed by atoms with E-state index < -0.39 is 30.5 Å². The molecular weight excluding hydrogens is 327 g/mol. The number of nitrogens with one attached hydrogen (secondary N) is 1. The van der Waals surface area contributed by atoms with Gasteiger partial charge >= 0.3 is 6.18 Å². The minimum atomic E-state index is -4.47. The van der Waals surface area contributed by atoms with E-state index in [1.165, 1.54) is 0 Å². The number of hydrogen-bond donors (Lipinski definition) is 1. The van der Waals surface area contributed by atoms with Gasteiger partial charge in [0.1, 0.15) is 12.3 Å². The summed E-state index contributed by atoms with van der Waals surface area (Å²) in [4.78, 5) is 28.6. The van der Waals surface area contributed by atoms with Gasteiger partial charge in [-0.15, -0.1) is 0 Å². The van der Waals surface area contributed by atoms with Crippen molar-refractivity contribution in [2.24, 2.45) is 5.92 Å². The molecule has 2 rings (SSSR count). The maximum Gasteiger partial charge on any atom is 0.406 e. The molecule has 1 unspecified atom stereocenters. The Balaban J connectivity index is 1.91. The lowest BCUT2D eigenvalue weighted by atomic mass is 10.1. The Hall–Kier alpha value is -2.06. The van der Waals surface area contributed by atoms with Gasteiger partial charge in [-0.1, -0.05) is 13.8 Å². The molecule has 0 bridgehead atoms. The van der Waals surface area contributed by atoms with E-state index in [-0.39, 0.29) is 25.4 Å². The highest BCUT2D eigenvalue weighted by Gasteiger charge is 2.40. The van der Waals surface area contributed by atoms with E-state index in [1.807, 2.05) is 13.8 Å². The first-order valence-corrected chi connectivity index (χ1v) is 7.65. The van der Waals surface area contributed by atoms with Crippen molar-refractivity contribution < 1.29 is 27.2 Å². The molecular formula is C15H20F3N3O3. The molecule has 24 heavy (non-hydrogen) atoms. The van der Waals surface area contributed by atoms with Crippen LogP contribution in [-0.2, 0) is 16.1 Å². The van der Waals surface area contributed by atoms with Crippen molar-refractivity contribution >= 4 is 11.8 Å². The summed E-state index contributed by atoms with van der Waals surface area (Å²) in [5, 5.41) is 2.61. The second kappa shape index (κ2) is 6.82. The Morgan fingerprint density at radius 2 is 2.12 bits per heavy atom. The second-order valence-corrected chi connectivity index (χ2v) is 6.22. The molecule has 1 atom stereocenters. The number of nitrogens with zero attached hydrogens (tertiary/aromatic N) is 2. The lowest BCUT2D eigenvalue weighted by Gasteiger charge is -2.18. The molecule has 6 nitrogen and oxygen atoms in total. The number of amides is 2. The van der Waals surface area contributed by atoms with Crippen LogP contribution >= 0.6 is 0 Å². The lowest BCUT2D eigenvalue weighted by molar-refractivity contribution is -0.157. The fraction of sp³-hybridized carbons (Fsp3) is 0.667. The number of oxazole rings is 1. The molecule has 0 radical (unpaired) electrons. The standard InChI is InChI=1S/C15H20F3N3O3/c1-8(2)14-20-9(3)11(24-14)5-19-13(23)10-4-12(22)21(6-10)7-15(16,17)18/h8,10H,4-7H2,1-3H3,(H,19,23). The van der Waals surface area contributed by atoms with Gasteiger partial charge in [-0.3, -0.25) is 9.59 Å². The highest BCUT2D eigenvalue weighted by atomic mass is 19.4. The van der Waals surface area contributed by atoms with Gasteiger partial charge in [0.25, 0.3) is 0 Å². The molecule has 1 aromatic rings. The normalized spacial score (nSPS) is 18.5. The molecule has 0 aliphatic carbocycles. The molecule has 9 heteroatoms. The summed E-state index contributed by atoms with van der Waals surface area (Å²) < 4.78 is 42.7. The van der Waals surface area contributed by atoms with Crippen molar-refractivity contribution in [2.75, 3.05) is 13.1 Å². The number of carbonyl (C=O) groups excluding carboxylic acids is 2. The molecule has 2 heterocycles. The van der Waals surface area contributed by atoms with E-state index in [0.717, 1.165) is 0 Å². The summed E-state index contributed by atoms with van der Waals surface area (Å²) >= 11 is 0. The van der Waals surface area contributed by atoms with E-state index in [1.54, 1.807) is 6.92 Å². The number of hydrogen-bond acceptors (Lipinski definition) is 4. The first-order chi connectivity index (χ1) is 11.1. The van der Waals surface area contributed by atoms with E-state index in [0.29, 0.717) is 22.2 Å². The maximum absolute atomic E-state index is 12.4. The highest BCUT2D eigenvalue weighted by molar-refractivity contribution is 5.89. The first-order valence-electron chi connectivity index (χ1n) is 7.65. The number of halogens is 3. The summed E-state index contributed by atoms with van der Waals surface area (Å²) in [7, 11) is 0. The minimum absolute atomic E-state index is 0.0916. The molecule has 0 aromatic carbocycles. The molecule has 1 aliphatic heterocycles. The molecule has 2 amide bonds. The van der Waals surface area contributed by atoms with Gasteiger partial charge in [-0.2, -0.15) is 13.2 Å². The quantitative estimate of drug-likeness (QED) is 0.885. The lowest BCUT2D eigenvalue weighted by Crippen LogP contribution is -2.37. The van der Waals surface area contributed by atoms with Crippen LogP contribution in [-0.4, -0.2) is 41.0 Å². The number of alkyl halides is 3. The van der Waals surface area contributed by atoms with Crippen LogP contribution < -0.4 is 5.32 Å². The molecule has 1 aliphatic rings. The Kier molecular flexibility index (Phi) is 5.19. The summed E-state index contributed by atoms with van der Waals surface area (Å²) in [5.41, 5.74) is 0.653. The highest BCUT2D eigenvalue weighted by Crippen LogP contribution is 2.24. The van der Waals surface area contributed by atoms with E-state index >= 15 is 0 Å². The number of carbonyl (C=O) groups is 2. The second-order valence-electron chi connectivity index (χ2n) is 6.22. The fourth-order valence-corrected chi connectivity index (χ4v) is 2.49. The van der Waals surface area contributed by atoms with Crippen LogP contribution in [0.15, 0.2) is 4.42 Å². The van der Waals surface area contributed by atoms with Gasteiger partial charge < -0.3 is 14.6 Å². The summed E-state index contributed by atoms with van der Waals surface area (Å²) in [5.74, 6) is -0.739. The number of aromatic nitrogens is 1. The van der Waals surface area contributed by atoms with Crippen molar-refractivity contribution in [1.29, 1.82) is 0 Å². The zero-order valence-corrected chi connectivity index (χ0v) is 13.7. The van der Waals surface area contributed by atoms with Crippen molar-refractivity contribution in [1.82, 2.24) is 15.2 Å². The van der Waals surface area contributed by atoms with Gasteiger partial charge in [0.2, 0.25) is 11.8 Å². The topological polar surface area (TPSA) is 75.4 Å². The van der Waals surface area contributed by atoms with Crippen molar-refractivity contribution in [3.8, 4) is 0 Å². The SMILES string of the molecule is Cc1nc(C(C)C)oc1CNC(=O)C1CC(=O)N(CC(F)(F)F)C1. The predicted molar refractivity (Wildman–Crippen MR) is 77.9 cm³/mol. The Morgan fingerprint density at radius 1 is 1.46 bits per heavy atom. The maximum atomic E-state index is 12.4. The van der Waals surface area contributed by atoms with Gasteiger partial charge in [-0.25, -0.2) is 4.98 Å². The Labute approximate surface area is 137 Å². The van der Waals surface area contributed by atoms with Gasteiger partial charge in [-0.05, 0) is 6.92 Å². The van der Waals surface area contributed by atoms with Crippen LogP contribution in [0.4, 0.5) is 13.2 Å². The smallest absolute Gasteiger partial charge is 0.406 e.